The number of phenolic OH excluding ortho intramolecular Hbond substituents is 1. The van der Waals surface area contributed by atoms with Gasteiger partial charge in [0.2, 0.25) is 0 Å². The van der Waals surface area contributed by atoms with Gasteiger partial charge in [0, 0.05) is 11.6 Å². The number of phenols is 1. The second-order valence-corrected chi connectivity index (χ2v) is 3.75. The zero-order valence-corrected chi connectivity index (χ0v) is 8.95. The first-order valence-electron chi connectivity index (χ1n) is 5.20. The second kappa shape index (κ2) is 3.89. The first kappa shape index (κ1) is 10.5. The van der Waals surface area contributed by atoms with Crippen LogP contribution in [0.5, 0.6) is 5.75 Å². The number of aryl methyl sites for hydroxylation is 1. The van der Waals surface area contributed by atoms with E-state index < -0.39 is 5.97 Å². The maximum Gasteiger partial charge on any atom is 0.337 e. The molecule has 0 aliphatic rings. The Morgan fingerprint density at radius 3 is 2.81 bits per heavy atom. The Morgan fingerprint density at radius 2 is 2.19 bits per heavy atom. The number of hydrogen-bond acceptors (Lipinski definition) is 2. The van der Waals surface area contributed by atoms with Crippen molar-refractivity contribution < 1.29 is 15.0 Å². The molecule has 0 aliphatic heterocycles. The van der Waals surface area contributed by atoms with Crippen molar-refractivity contribution in [1.29, 1.82) is 0 Å². The van der Waals surface area contributed by atoms with Crippen molar-refractivity contribution >= 4 is 16.9 Å². The second-order valence-electron chi connectivity index (χ2n) is 3.75. The zero-order chi connectivity index (χ0) is 11.7. The maximum absolute atomic E-state index is 11.0. The average Bonchev–Trinajstić information content (AvgIpc) is 2.63. The number of carboxylic acids is 1. The van der Waals surface area contributed by atoms with E-state index in [4.69, 9.17) is 5.11 Å². The molecule has 4 nitrogen and oxygen atoms in total. The van der Waals surface area contributed by atoms with Crippen LogP contribution in [0.15, 0.2) is 18.3 Å². The summed E-state index contributed by atoms with van der Waals surface area (Å²) >= 11 is 0. The minimum atomic E-state index is -0.991. The minimum absolute atomic E-state index is 0.129. The van der Waals surface area contributed by atoms with E-state index >= 15 is 0 Å². The van der Waals surface area contributed by atoms with Crippen LogP contribution in [-0.4, -0.2) is 21.2 Å². The molecule has 0 spiro atoms. The summed E-state index contributed by atoms with van der Waals surface area (Å²) < 4.78 is 0. The van der Waals surface area contributed by atoms with Crippen molar-refractivity contribution in [3.05, 3.63) is 29.5 Å². The van der Waals surface area contributed by atoms with Gasteiger partial charge in [-0.2, -0.15) is 0 Å². The summed E-state index contributed by atoms with van der Waals surface area (Å²) in [6, 6.07) is 2.84. The van der Waals surface area contributed by atoms with Gasteiger partial charge in [0.05, 0.1) is 11.1 Å². The Kier molecular flexibility index (Phi) is 2.56. The van der Waals surface area contributed by atoms with Gasteiger partial charge in [0.1, 0.15) is 5.75 Å². The number of aromatic nitrogens is 1. The Morgan fingerprint density at radius 1 is 1.44 bits per heavy atom. The fourth-order valence-electron chi connectivity index (χ4n) is 1.94. The molecule has 16 heavy (non-hydrogen) atoms. The lowest BCUT2D eigenvalue weighted by molar-refractivity contribution is 0.0699. The molecule has 0 saturated carbocycles. The number of carbonyl (C=O) groups is 1. The Hall–Kier alpha value is -1.97. The third-order valence-electron chi connectivity index (χ3n) is 2.64. The summed E-state index contributed by atoms with van der Waals surface area (Å²) in [5, 5.41) is 19.4. The molecule has 0 amide bonds. The van der Waals surface area contributed by atoms with Crippen LogP contribution in [0.25, 0.3) is 10.9 Å². The quantitative estimate of drug-likeness (QED) is 0.742. The van der Waals surface area contributed by atoms with Gasteiger partial charge in [-0.3, -0.25) is 0 Å². The molecule has 1 heterocycles. The lowest BCUT2D eigenvalue weighted by atomic mass is 10.1. The van der Waals surface area contributed by atoms with Crippen molar-refractivity contribution in [2.45, 2.75) is 19.8 Å². The van der Waals surface area contributed by atoms with E-state index in [-0.39, 0.29) is 11.3 Å². The van der Waals surface area contributed by atoms with E-state index in [1.165, 1.54) is 12.1 Å². The highest BCUT2D eigenvalue weighted by atomic mass is 16.4. The Labute approximate surface area is 92.5 Å². The van der Waals surface area contributed by atoms with Gasteiger partial charge < -0.3 is 15.2 Å². The van der Waals surface area contributed by atoms with E-state index in [1.807, 2.05) is 6.92 Å². The Balaban J connectivity index is 2.73. The molecule has 1 aromatic heterocycles. The molecule has 0 fully saturated rings. The number of hydrogen-bond donors (Lipinski definition) is 3. The van der Waals surface area contributed by atoms with Crippen LogP contribution in [0.4, 0.5) is 0 Å². The predicted molar refractivity (Wildman–Crippen MR) is 60.9 cm³/mol. The van der Waals surface area contributed by atoms with Gasteiger partial charge in [-0.15, -0.1) is 0 Å². The summed E-state index contributed by atoms with van der Waals surface area (Å²) in [7, 11) is 0. The normalized spacial score (nSPS) is 10.8. The van der Waals surface area contributed by atoms with E-state index in [0.717, 1.165) is 18.4 Å². The molecule has 3 N–H and O–H groups in total. The monoisotopic (exact) mass is 219 g/mol. The van der Waals surface area contributed by atoms with Gasteiger partial charge in [0.25, 0.3) is 0 Å². The summed E-state index contributed by atoms with van der Waals surface area (Å²) in [6.07, 6.45) is 3.53. The molecule has 2 rings (SSSR count). The van der Waals surface area contributed by atoms with E-state index in [2.05, 4.69) is 4.98 Å². The lowest BCUT2D eigenvalue weighted by Crippen LogP contribution is -1.97. The number of H-pyrrole nitrogens is 1. The van der Waals surface area contributed by atoms with E-state index in [0.29, 0.717) is 10.9 Å². The molecule has 0 radical (unpaired) electrons. The van der Waals surface area contributed by atoms with E-state index in [1.54, 1.807) is 6.20 Å². The first-order valence-corrected chi connectivity index (χ1v) is 5.20. The molecule has 1 aromatic carbocycles. The number of carboxylic acid groups (broad SMARTS) is 1. The molecule has 0 bridgehead atoms. The van der Waals surface area contributed by atoms with Crippen LogP contribution in [-0.2, 0) is 6.42 Å². The number of nitrogens with one attached hydrogen (secondary N) is 1. The number of aromatic carboxylic acids is 1. The molecule has 2 aromatic rings. The summed E-state index contributed by atoms with van der Waals surface area (Å²) in [6.45, 7) is 2.04. The Bertz CT molecular complexity index is 542. The molecule has 0 saturated heterocycles. The number of aromatic hydroxyl groups is 1. The molecule has 0 atom stereocenters. The summed E-state index contributed by atoms with van der Waals surface area (Å²) in [5.41, 5.74) is 1.64. The standard InChI is InChI=1S/C12H13NO3/c1-2-3-7-6-13-11-8(12(15)16)4-5-9(14)10(7)11/h4-6,13-14H,2-3H2,1H3,(H,15,16). The van der Waals surface area contributed by atoms with Crippen molar-refractivity contribution in [2.75, 3.05) is 0 Å². The van der Waals surface area contributed by atoms with Crippen molar-refractivity contribution in [1.82, 2.24) is 4.98 Å². The summed E-state index contributed by atoms with van der Waals surface area (Å²) in [4.78, 5) is 13.9. The van der Waals surface area contributed by atoms with Gasteiger partial charge >= 0.3 is 5.97 Å². The van der Waals surface area contributed by atoms with Gasteiger partial charge in [0.15, 0.2) is 0 Å². The molecular formula is C12H13NO3. The van der Waals surface area contributed by atoms with Crippen LogP contribution in [0.2, 0.25) is 0 Å². The fraction of sp³-hybridized carbons (Fsp3) is 0.250. The van der Waals surface area contributed by atoms with Crippen molar-refractivity contribution in [2.24, 2.45) is 0 Å². The minimum Gasteiger partial charge on any atom is -0.507 e. The predicted octanol–water partition coefficient (Wildman–Crippen LogP) is 2.52. The van der Waals surface area contributed by atoms with Crippen molar-refractivity contribution in [3.8, 4) is 5.75 Å². The van der Waals surface area contributed by atoms with Crippen LogP contribution in [0.1, 0.15) is 29.3 Å². The average molecular weight is 219 g/mol. The highest BCUT2D eigenvalue weighted by Gasteiger charge is 2.15. The smallest absolute Gasteiger partial charge is 0.337 e. The number of rotatable bonds is 3. The maximum atomic E-state index is 11.0. The largest absolute Gasteiger partial charge is 0.507 e. The van der Waals surface area contributed by atoms with Crippen molar-refractivity contribution in [3.63, 3.8) is 0 Å². The number of fused-ring (bicyclic) bond motifs is 1. The molecular weight excluding hydrogens is 206 g/mol. The molecule has 0 aliphatic carbocycles. The van der Waals surface area contributed by atoms with Crippen LogP contribution < -0.4 is 0 Å². The SMILES string of the molecule is CCCc1c[nH]c2c(C(=O)O)ccc(O)c12. The highest BCUT2D eigenvalue weighted by molar-refractivity contribution is 6.05. The van der Waals surface area contributed by atoms with Crippen LogP contribution in [0, 0.1) is 0 Å². The zero-order valence-electron chi connectivity index (χ0n) is 8.95. The third-order valence-corrected chi connectivity index (χ3v) is 2.64. The highest BCUT2D eigenvalue weighted by Crippen LogP contribution is 2.31. The van der Waals surface area contributed by atoms with Crippen LogP contribution in [0.3, 0.4) is 0 Å². The lowest BCUT2D eigenvalue weighted by Gasteiger charge is -2.02. The molecule has 0 unspecified atom stereocenters. The third kappa shape index (κ3) is 1.52. The van der Waals surface area contributed by atoms with Gasteiger partial charge in [-0.05, 0) is 24.1 Å². The number of aromatic amines is 1. The van der Waals surface area contributed by atoms with Gasteiger partial charge in [-0.25, -0.2) is 4.79 Å². The summed E-state index contributed by atoms with van der Waals surface area (Å²) in [5.74, 6) is -0.861. The van der Waals surface area contributed by atoms with Crippen LogP contribution >= 0.6 is 0 Å². The van der Waals surface area contributed by atoms with E-state index in [9.17, 15) is 9.90 Å². The molecule has 84 valence electrons. The fourth-order valence-corrected chi connectivity index (χ4v) is 1.94. The first-order chi connectivity index (χ1) is 7.65. The number of benzene rings is 1. The van der Waals surface area contributed by atoms with Gasteiger partial charge in [-0.1, -0.05) is 13.3 Å². The topological polar surface area (TPSA) is 73.3 Å². The molecule has 4 heteroatoms.